The smallest absolute Gasteiger partial charge is 0.225 e. The minimum absolute atomic E-state index is 0.0655. The number of hydrogen-bond donors (Lipinski definition) is 3. The molecule has 2 heterocycles. The zero-order chi connectivity index (χ0) is 13.2. The number of aliphatic hydroxyl groups is 1. The van der Waals surface area contributed by atoms with Gasteiger partial charge in [0.25, 0.3) is 0 Å². The summed E-state index contributed by atoms with van der Waals surface area (Å²) in [7, 11) is 0. The van der Waals surface area contributed by atoms with Gasteiger partial charge in [0.15, 0.2) is 0 Å². The minimum Gasteiger partial charge on any atom is -0.394 e. The highest BCUT2D eigenvalue weighted by Crippen LogP contribution is 2.33. The van der Waals surface area contributed by atoms with Crippen molar-refractivity contribution in [1.82, 2.24) is 10.6 Å². The molecule has 0 radical (unpaired) electrons. The van der Waals surface area contributed by atoms with E-state index < -0.39 is 0 Å². The Bertz CT molecular complexity index is 449. The van der Waals surface area contributed by atoms with Crippen LogP contribution in [0.5, 0.6) is 0 Å². The Kier molecular flexibility index (Phi) is 3.53. The molecule has 2 saturated heterocycles. The number of nitrogens with one attached hydrogen (secondary N) is 2. The summed E-state index contributed by atoms with van der Waals surface area (Å²) in [6.45, 7) is -0.0655. The van der Waals surface area contributed by atoms with Crippen molar-refractivity contribution >= 4 is 5.91 Å². The Morgan fingerprint density at radius 3 is 2.74 bits per heavy atom. The Morgan fingerprint density at radius 1 is 1.37 bits per heavy atom. The standard InChI is InChI=1S/C15H20N2O2/c18-9-14(10-4-2-1-3-5-10)17-15(19)12-8-11-6-7-13(12)16-11/h1-5,11-14,16,18H,6-9H2,(H,17,19)/t11?,12?,13?,14-/m1/s1. The van der Waals surface area contributed by atoms with Gasteiger partial charge in [-0.05, 0) is 24.8 Å². The first-order valence-corrected chi connectivity index (χ1v) is 7.00. The molecule has 0 spiro atoms. The van der Waals surface area contributed by atoms with Crippen LogP contribution in [0.3, 0.4) is 0 Å². The Morgan fingerprint density at radius 2 is 2.16 bits per heavy atom. The van der Waals surface area contributed by atoms with Crippen molar-refractivity contribution in [2.45, 2.75) is 37.4 Å². The van der Waals surface area contributed by atoms with Gasteiger partial charge in [-0.1, -0.05) is 30.3 Å². The first-order chi connectivity index (χ1) is 9.28. The van der Waals surface area contributed by atoms with Crippen molar-refractivity contribution in [3.8, 4) is 0 Å². The fourth-order valence-electron chi connectivity index (χ4n) is 3.31. The third-order valence-corrected chi connectivity index (χ3v) is 4.34. The van der Waals surface area contributed by atoms with Crippen LogP contribution in [0.1, 0.15) is 30.9 Å². The molecule has 4 atom stereocenters. The van der Waals surface area contributed by atoms with E-state index in [0.29, 0.717) is 12.1 Å². The molecule has 4 heteroatoms. The molecule has 1 aromatic rings. The van der Waals surface area contributed by atoms with Crippen LogP contribution in [0.4, 0.5) is 0 Å². The average molecular weight is 260 g/mol. The fraction of sp³-hybridized carbons (Fsp3) is 0.533. The molecule has 0 aromatic heterocycles. The van der Waals surface area contributed by atoms with Gasteiger partial charge in [-0.2, -0.15) is 0 Å². The maximum Gasteiger partial charge on any atom is 0.225 e. The van der Waals surface area contributed by atoms with Crippen molar-refractivity contribution in [1.29, 1.82) is 0 Å². The van der Waals surface area contributed by atoms with Crippen LogP contribution >= 0.6 is 0 Å². The second-order valence-electron chi connectivity index (χ2n) is 5.54. The molecule has 0 saturated carbocycles. The largest absolute Gasteiger partial charge is 0.394 e. The number of benzene rings is 1. The fourth-order valence-corrected chi connectivity index (χ4v) is 3.31. The van der Waals surface area contributed by atoms with Crippen LogP contribution in [0.25, 0.3) is 0 Å². The van der Waals surface area contributed by atoms with E-state index >= 15 is 0 Å². The van der Waals surface area contributed by atoms with Gasteiger partial charge in [-0.15, -0.1) is 0 Å². The van der Waals surface area contributed by atoms with Crippen molar-refractivity contribution in [2.75, 3.05) is 6.61 Å². The van der Waals surface area contributed by atoms with Crippen LogP contribution in [-0.2, 0) is 4.79 Å². The van der Waals surface area contributed by atoms with Crippen LogP contribution in [0.2, 0.25) is 0 Å². The monoisotopic (exact) mass is 260 g/mol. The summed E-state index contributed by atoms with van der Waals surface area (Å²) in [5, 5.41) is 15.9. The zero-order valence-corrected chi connectivity index (χ0v) is 10.9. The summed E-state index contributed by atoms with van der Waals surface area (Å²) in [4.78, 5) is 12.3. The number of aliphatic hydroxyl groups excluding tert-OH is 1. The Hall–Kier alpha value is -1.39. The van der Waals surface area contributed by atoms with E-state index in [4.69, 9.17) is 0 Å². The maximum atomic E-state index is 12.3. The molecule has 2 aliphatic rings. The summed E-state index contributed by atoms with van der Waals surface area (Å²) >= 11 is 0. The molecule has 2 aliphatic heterocycles. The molecular formula is C15H20N2O2. The Labute approximate surface area is 113 Å². The van der Waals surface area contributed by atoms with Crippen molar-refractivity contribution in [3.05, 3.63) is 35.9 Å². The number of amides is 1. The predicted molar refractivity (Wildman–Crippen MR) is 72.5 cm³/mol. The summed E-state index contributed by atoms with van der Waals surface area (Å²) in [5.74, 6) is 0.138. The molecule has 19 heavy (non-hydrogen) atoms. The van der Waals surface area contributed by atoms with Crippen LogP contribution in [0, 0.1) is 5.92 Å². The highest BCUT2D eigenvalue weighted by molar-refractivity contribution is 5.80. The lowest BCUT2D eigenvalue weighted by Crippen LogP contribution is -2.40. The van der Waals surface area contributed by atoms with Gasteiger partial charge < -0.3 is 15.7 Å². The molecule has 102 valence electrons. The van der Waals surface area contributed by atoms with Crippen LogP contribution in [0.15, 0.2) is 30.3 Å². The summed E-state index contributed by atoms with van der Waals surface area (Å²) in [5.41, 5.74) is 0.953. The van der Waals surface area contributed by atoms with E-state index in [9.17, 15) is 9.90 Å². The highest BCUT2D eigenvalue weighted by atomic mass is 16.3. The number of carbonyl (C=O) groups excluding carboxylic acids is 1. The van der Waals surface area contributed by atoms with Crippen molar-refractivity contribution < 1.29 is 9.90 Å². The lowest BCUT2D eigenvalue weighted by atomic mass is 9.88. The van der Waals surface area contributed by atoms with Gasteiger partial charge in [-0.3, -0.25) is 4.79 Å². The summed E-state index contributed by atoms with van der Waals surface area (Å²) < 4.78 is 0. The first-order valence-electron chi connectivity index (χ1n) is 7.00. The number of rotatable bonds is 4. The molecule has 3 N–H and O–H groups in total. The van der Waals surface area contributed by atoms with Crippen LogP contribution in [-0.4, -0.2) is 29.7 Å². The minimum atomic E-state index is -0.298. The van der Waals surface area contributed by atoms with Crippen molar-refractivity contribution in [2.24, 2.45) is 5.92 Å². The van der Waals surface area contributed by atoms with Gasteiger partial charge in [0, 0.05) is 12.1 Å². The Balaban J connectivity index is 1.65. The second-order valence-corrected chi connectivity index (χ2v) is 5.54. The van der Waals surface area contributed by atoms with Gasteiger partial charge in [0.05, 0.1) is 18.6 Å². The predicted octanol–water partition coefficient (Wildman–Crippen LogP) is 0.977. The third kappa shape index (κ3) is 2.51. The van der Waals surface area contributed by atoms with E-state index in [1.807, 2.05) is 30.3 Å². The van der Waals surface area contributed by atoms with Gasteiger partial charge in [0.1, 0.15) is 0 Å². The van der Waals surface area contributed by atoms with Gasteiger partial charge >= 0.3 is 0 Å². The normalized spacial score (nSPS) is 30.3. The molecular weight excluding hydrogens is 240 g/mol. The van der Waals surface area contributed by atoms with Gasteiger partial charge in [0.2, 0.25) is 5.91 Å². The SMILES string of the molecule is O=C(N[C@H](CO)c1ccccc1)C1CC2CCC1N2. The zero-order valence-electron chi connectivity index (χ0n) is 10.9. The second kappa shape index (κ2) is 5.31. The number of fused-ring (bicyclic) bond motifs is 2. The quantitative estimate of drug-likeness (QED) is 0.756. The molecule has 2 bridgehead atoms. The topological polar surface area (TPSA) is 61.4 Å². The number of carbonyl (C=O) groups is 1. The van der Waals surface area contributed by atoms with E-state index in [1.54, 1.807) is 0 Å². The number of hydrogen-bond acceptors (Lipinski definition) is 3. The average Bonchev–Trinajstić information content (AvgIpc) is 3.08. The van der Waals surface area contributed by atoms with E-state index in [-0.39, 0.29) is 24.5 Å². The van der Waals surface area contributed by atoms with E-state index in [1.165, 1.54) is 6.42 Å². The lowest BCUT2D eigenvalue weighted by Gasteiger charge is -2.23. The highest BCUT2D eigenvalue weighted by Gasteiger charge is 2.43. The molecule has 3 unspecified atom stereocenters. The summed E-state index contributed by atoms with van der Waals surface area (Å²) in [6.07, 6.45) is 3.22. The first kappa shape index (κ1) is 12.6. The van der Waals surface area contributed by atoms with E-state index in [2.05, 4.69) is 10.6 Å². The molecule has 2 fully saturated rings. The molecule has 1 amide bonds. The van der Waals surface area contributed by atoms with E-state index in [0.717, 1.165) is 18.4 Å². The molecule has 0 aliphatic carbocycles. The lowest BCUT2D eigenvalue weighted by molar-refractivity contribution is -0.126. The molecule has 4 nitrogen and oxygen atoms in total. The van der Waals surface area contributed by atoms with Crippen molar-refractivity contribution in [3.63, 3.8) is 0 Å². The maximum absolute atomic E-state index is 12.3. The van der Waals surface area contributed by atoms with Crippen LogP contribution < -0.4 is 10.6 Å². The molecule has 3 rings (SSSR count). The molecule has 1 aromatic carbocycles. The van der Waals surface area contributed by atoms with Gasteiger partial charge in [-0.25, -0.2) is 0 Å². The summed E-state index contributed by atoms with van der Waals surface area (Å²) in [6, 6.07) is 10.2. The third-order valence-electron chi connectivity index (χ3n) is 4.34.